The number of hydrogen-bond donors (Lipinski definition) is 0. The molecule has 0 fully saturated rings. The third-order valence-corrected chi connectivity index (χ3v) is 2.51. The van der Waals surface area contributed by atoms with Gasteiger partial charge in [-0.3, -0.25) is 0 Å². The van der Waals surface area contributed by atoms with Gasteiger partial charge in [0.15, 0.2) is 0 Å². The first kappa shape index (κ1) is 13.0. The van der Waals surface area contributed by atoms with Gasteiger partial charge in [-0.25, -0.2) is 0 Å². The van der Waals surface area contributed by atoms with Crippen LogP contribution in [0.5, 0.6) is 5.75 Å². The van der Waals surface area contributed by atoms with Crippen LogP contribution in [0.2, 0.25) is 0 Å². The molecule has 0 N–H and O–H groups in total. The van der Waals surface area contributed by atoms with Gasteiger partial charge in [0.1, 0.15) is 12.4 Å². The van der Waals surface area contributed by atoms with Gasteiger partial charge in [0.05, 0.1) is 22.7 Å². The van der Waals surface area contributed by atoms with Crippen molar-refractivity contribution in [1.82, 2.24) is 0 Å². The fraction of sp³-hybridized carbons (Fsp3) is 0.417. The Kier molecular flexibility index (Phi) is 5.91. The average Bonchev–Trinajstić information content (AvgIpc) is 2.30. The van der Waals surface area contributed by atoms with Crippen molar-refractivity contribution in [2.45, 2.75) is 13.3 Å². The normalized spacial score (nSPS) is 9.81. The van der Waals surface area contributed by atoms with Gasteiger partial charge in [-0.05, 0) is 40.5 Å². The number of halogens is 1. The van der Waals surface area contributed by atoms with Crippen LogP contribution in [-0.4, -0.2) is 19.8 Å². The van der Waals surface area contributed by atoms with Gasteiger partial charge in [-0.2, -0.15) is 5.26 Å². The van der Waals surface area contributed by atoms with Crippen LogP contribution in [0.3, 0.4) is 0 Å². The topological polar surface area (TPSA) is 42.2 Å². The third kappa shape index (κ3) is 4.21. The zero-order valence-electron chi connectivity index (χ0n) is 9.20. The third-order valence-electron chi connectivity index (χ3n) is 1.89. The van der Waals surface area contributed by atoms with Crippen LogP contribution in [0.15, 0.2) is 22.7 Å². The highest BCUT2D eigenvalue weighted by Gasteiger charge is 2.02. The molecule has 1 aromatic carbocycles. The molecule has 0 amide bonds. The largest absolute Gasteiger partial charge is 0.490 e. The second kappa shape index (κ2) is 7.26. The van der Waals surface area contributed by atoms with E-state index in [-0.39, 0.29) is 0 Å². The van der Waals surface area contributed by atoms with Gasteiger partial charge in [0, 0.05) is 6.61 Å². The van der Waals surface area contributed by atoms with Gasteiger partial charge in [0.2, 0.25) is 0 Å². The lowest BCUT2D eigenvalue weighted by Crippen LogP contribution is -2.07. The molecule has 0 radical (unpaired) electrons. The first-order valence-electron chi connectivity index (χ1n) is 5.18. The summed E-state index contributed by atoms with van der Waals surface area (Å²) < 4.78 is 11.6. The molecule has 3 nitrogen and oxygen atoms in total. The number of rotatable bonds is 6. The van der Waals surface area contributed by atoms with Crippen molar-refractivity contribution in [3.63, 3.8) is 0 Å². The number of benzene rings is 1. The Morgan fingerprint density at radius 1 is 1.31 bits per heavy atom. The fourth-order valence-corrected chi connectivity index (χ4v) is 1.64. The van der Waals surface area contributed by atoms with Crippen LogP contribution in [0.1, 0.15) is 18.9 Å². The summed E-state index contributed by atoms with van der Waals surface area (Å²) in [4.78, 5) is 0. The van der Waals surface area contributed by atoms with E-state index >= 15 is 0 Å². The van der Waals surface area contributed by atoms with Crippen molar-refractivity contribution in [2.75, 3.05) is 19.8 Å². The summed E-state index contributed by atoms with van der Waals surface area (Å²) in [6.07, 6.45) is 1.01. The van der Waals surface area contributed by atoms with Gasteiger partial charge >= 0.3 is 0 Å². The van der Waals surface area contributed by atoms with E-state index in [1.54, 1.807) is 18.2 Å². The molecule has 86 valence electrons. The molecule has 0 heterocycles. The lowest BCUT2D eigenvalue weighted by Gasteiger charge is -2.08. The van der Waals surface area contributed by atoms with Gasteiger partial charge in [-0.1, -0.05) is 6.92 Å². The Balaban J connectivity index is 2.40. The van der Waals surface area contributed by atoms with E-state index in [1.807, 2.05) is 0 Å². The first-order chi connectivity index (χ1) is 7.77. The summed E-state index contributed by atoms with van der Waals surface area (Å²) in [7, 11) is 0. The summed E-state index contributed by atoms with van der Waals surface area (Å²) in [5.41, 5.74) is 0.612. The van der Waals surface area contributed by atoms with Crippen molar-refractivity contribution >= 4 is 15.9 Å². The zero-order valence-corrected chi connectivity index (χ0v) is 10.8. The molecule has 0 saturated heterocycles. The van der Waals surface area contributed by atoms with E-state index in [2.05, 4.69) is 28.9 Å². The smallest absolute Gasteiger partial charge is 0.133 e. The molecule has 0 aliphatic heterocycles. The monoisotopic (exact) mass is 283 g/mol. The van der Waals surface area contributed by atoms with Crippen LogP contribution in [0, 0.1) is 11.3 Å². The van der Waals surface area contributed by atoms with Crippen LogP contribution in [-0.2, 0) is 4.74 Å². The summed E-state index contributed by atoms with van der Waals surface area (Å²) in [5.74, 6) is 0.735. The van der Waals surface area contributed by atoms with Gasteiger partial charge < -0.3 is 9.47 Å². The lowest BCUT2D eigenvalue weighted by atomic mass is 10.2. The van der Waals surface area contributed by atoms with Crippen LogP contribution < -0.4 is 4.74 Å². The molecule has 4 heteroatoms. The predicted octanol–water partition coefficient (Wildman–Crippen LogP) is 3.13. The molecule has 0 atom stereocenters. The van der Waals surface area contributed by atoms with Gasteiger partial charge in [0.25, 0.3) is 0 Å². The van der Waals surface area contributed by atoms with Crippen molar-refractivity contribution in [3.8, 4) is 11.8 Å². The Morgan fingerprint density at radius 3 is 2.75 bits per heavy atom. The number of nitriles is 1. The second-order valence-corrected chi connectivity index (χ2v) is 4.07. The number of nitrogens with zero attached hydrogens (tertiary/aromatic N) is 1. The predicted molar refractivity (Wildman–Crippen MR) is 65.5 cm³/mol. The molecule has 0 bridgehead atoms. The standard InChI is InChI=1S/C12H14BrNO2/c1-2-5-15-6-7-16-12-4-3-10(9-14)8-11(12)13/h3-4,8H,2,5-7H2,1H3. The average molecular weight is 284 g/mol. The molecule has 0 saturated carbocycles. The summed E-state index contributed by atoms with van der Waals surface area (Å²) in [6.45, 7) is 3.93. The fourth-order valence-electron chi connectivity index (χ4n) is 1.14. The molecule has 0 aliphatic carbocycles. The molecule has 0 spiro atoms. The molecule has 0 unspecified atom stereocenters. The molecule has 0 aliphatic rings. The highest BCUT2D eigenvalue weighted by molar-refractivity contribution is 9.10. The van der Waals surface area contributed by atoms with E-state index in [9.17, 15) is 0 Å². The minimum Gasteiger partial charge on any atom is -0.490 e. The van der Waals surface area contributed by atoms with E-state index < -0.39 is 0 Å². The maximum Gasteiger partial charge on any atom is 0.133 e. The molecule has 0 aromatic heterocycles. The Labute approximate surface area is 104 Å². The Morgan fingerprint density at radius 2 is 2.12 bits per heavy atom. The minimum atomic E-state index is 0.518. The maximum absolute atomic E-state index is 8.69. The second-order valence-electron chi connectivity index (χ2n) is 3.22. The quantitative estimate of drug-likeness (QED) is 0.754. The molecule has 16 heavy (non-hydrogen) atoms. The molecular formula is C12H14BrNO2. The van der Waals surface area contributed by atoms with E-state index in [1.165, 1.54) is 0 Å². The highest BCUT2D eigenvalue weighted by atomic mass is 79.9. The van der Waals surface area contributed by atoms with Crippen molar-refractivity contribution in [2.24, 2.45) is 0 Å². The molecule has 1 rings (SSSR count). The van der Waals surface area contributed by atoms with E-state index in [4.69, 9.17) is 14.7 Å². The van der Waals surface area contributed by atoms with E-state index in [0.717, 1.165) is 23.2 Å². The number of hydrogen-bond acceptors (Lipinski definition) is 3. The SMILES string of the molecule is CCCOCCOc1ccc(C#N)cc1Br. The Hall–Kier alpha value is -1.05. The zero-order chi connectivity index (χ0) is 11.8. The first-order valence-corrected chi connectivity index (χ1v) is 5.97. The minimum absolute atomic E-state index is 0.518. The summed E-state index contributed by atoms with van der Waals surface area (Å²) in [5, 5.41) is 8.69. The van der Waals surface area contributed by atoms with Crippen LogP contribution in [0.4, 0.5) is 0 Å². The van der Waals surface area contributed by atoms with Crippen molar-refractivity contribution < 1.29 is 9.47 Å². The lowest BCUT2D eigenvalue weighted by molar-refractivity contribution is 0.100. The molecule has 1 aromatic rings. The summed E-state index contributed by atoms with van der Waals surface area (Å²) >= 11 is 3.35. The van der Waals surface area contributed by atoms with E-state index in [0.29, 0.717) is 18.8 Å². The highest BCUT2D eigenvalue weighted by Crippen LogP contribution is 2.25. The maximum atomic E-state index is 8.69. The Bertz CT molecular complexity index is 374. The number of ether oxygens (including phenoxy) is 2. The van der Waals surface area contributed by atoms with Crippen molar-refractivity contribution in [3.05, 3.63) is 28.2 Å². The van der Waals surface area contributed by atoms with Crippen molar-refractivity contribution in [1.29, 1.82) is 5.26 Å². The molecular weight excluding hydrogens is 270 g/mol. The van der Waals surface area contributed by atoms with Crippen LogP contribution in [0.25, 0.3) is 0 Å². The summed E-state index contributed by atoms with van der Waals surface area (Å²) in [6, 6.07) is 7.32. The van der Waals surface area contributed by atoms with Gasteiger partial charge in [-0.15, -0.1) is 0 Å². The van der Waals surface area contributed by atoms with Crippen LogP contribution >= 0.6 is 15.9 Å².